The molecule has 2 aliphatic rings. The molecule has 0 saturated carbocycles. The van der Waals surface area contributed by atoms with Crippen molar-refractivity contribution in [3.8, 4) is 11.5 Å². The monoisotopic (exact) mass is 602 g/mol. The van der Waals surface area contributed by atoms with Crippen LogP contribution in [0.3, 0.4) is 0 Å². The molecule has 0 unspecified atom stereocenters. The van der Waals surface area contributed by atoms with Crippen molar-refractivity contribution in [2.24, 2.45) is 0 Å². The summed E-state index contributed by atoms with van der Waals surface area (Å²) in [5, 5.41) is 11.4. The van der Waals surface area contributed by atoms with Gasteiger partial charge in [-0.25, -0.2) is 0 Å². The first kappa shape index (κ1) is 30.4. The van der Waals surface area contributed by atoms with Crippen LogP contribution >= 0.6 is 17.0 Å². The summed E-state index contributed by atoms with van der Waals surface area (Å²) in [7, 11) is 3.23. The molecule has 2 heterocycles. The van der Waals surface area contributed by atoms with E-state index in [0.29, 0.717) is 48.8 Å². The zero-order valence-electron chi connectivity index (χ0n) is 23.6. The van der Waals surface area contributed by atoms with Gasteiger partial charge in [0.05, 0.1) is 44.7 Å². The standard InChI is InChI=1S/C29H38N4O5.BrH/c1-7-38-25-14-19-16-33(27(30)20(19)15-21(25)28(35)31-5)17-24(34)18-12-22(29(2,3)4)26(36-6)23(13-18)32-8-10-37-11-9-32;/h12-15,30H,7-11,16-17H2,1-6H3,(H,31,35);1H. The van der Waals surface area contributed by atoms with E-state index in [4.69, 9.17) is 19.6 Å². The topological polar surface area (TPSA) is 104 Å². The molecule has 0 spiro atoms. The van der Waals surface area contributed by atoms with Crippen LogP contribution in [0.15, 0.2) is 24.3 Å². The van der Waals surface area contributed by atoms with Gasteiger partial charge in [-0.3, -0.25) is 15.0 Å². The number of Topliss-reactive ketones (excluding diaryl/α,β-unsaturated/α-hetero) is 1. The van der Waals surface area contributed by atoms with Crippen molar-refractivity contribution in [2.45, 2.75) is 39.7 Å². The maximum atomic E-state index is 13.7. The van der Waals surface area contributed by atoms with Crippen LogP contribution in [0.2, 0.25) is 0 Å². The Hall–Kier alpha value is -3.11. The lowest BCUT2D eigenvalue weighted by molar-refractivity contribution is 0.0953. The Morgan fingerprint density at radius 1 is 1.13 bits per heavy atom. The highest BCUT2D eigenvalue weighted by atomic mass is 79.9. The van der Waals surface area contributed by atoms with Gasteiger partial charge in [0.1, 0.15) is 17.3 Å². The fourth-order valence-corrected chi connectivity index (χ4v) is 5.00. The molecule has 10 heteroatoms. The SMILES string of the molecule is Br.CCOc1cc2c(cc1C(=O)NC)C(=N)N(CC(=O)c1cc(N3CCOCC3)c(OC)c(C(C)(C)C)c1)C2. The van der Waals surface area contributed by atoms with Gasteiger partial charge < -0.3 is 29.3 Å². The number of morpholine rings is 1. The second-order valence-corrected chi connectivity index (χ2v) is 10.6. The minimum Gasteiger partial charge on any atom is -0.494 e. The number of ether oxygens (including phenoxy) is 3. The first-order valence-electron chi connectivity index (χ1n) is 13.0. The summed E-state index contributed by atoms with van der Waals surface area (Å²) in [6, 6.07) is 7.33. The van der Waals surface area contributed by atoms with Gasteiger partial charge in [0.2, 0.25) is 0 Å². The Labute approximate surface area is 241 Å². The predicted octanol–water partition coefficient (Wildman–Crippen LogP) is 4.19. The number of hydrogen-bond acceptors (Lipinski definition) is 7. The fourth-order valence-electron chi connectivity index (χ4n) is 5.00. The molecular weight excluding hydrogens is 564 g/mol. The summed E-state index contributed by atoms with van der Waals surface area (Å²) >= 11 is 0. The molecule has 2 N–H and O–H groups in total. The van der Waals surface area contributed by atoms with Crippen LogP contribution in [0.4, 0.5) is 5.69 Å². The zero-order chi connectivity index (χ0) is 27.6. The highest BCUT2D eigenvalue weighted by molar-refractivity contribution is 8.93. The number of carbonyl (C=O) groups excluding carboxylic acids is 2. The van der Waals surface area contributed by atoms with E-state index in [1.54, 1.807) is 25.1 Å². The molecular formula is C29H39BrN4O5. The van der Waals surface area contributed by atoms with Crippen molar-refractivity contribution in [3.63, 3.8) is 0 Å². The molecule has 2 aliphatic heterocycles. The molecule has 39 heavy (non-hydrogen) atoms. The minimum absolute atomic E-state index is 0. The second-order valence-electron chi connectivity index (χ2n) is 10.6. The van der Waals surface area contributed by atoms with E-state index in [-0.39, 0.29) is 46.5 Å². The normalized spacial score (nSPS) is 15.0. The Bertz CT molecular complexity index is 1250. The summed E-state index contributed by atoms with van der Waals surface area (Å²) in [4.78, 5) is 30.1. The fraction of sp³-hybridized carbons (Fsp3) is 0.483. The number of halogens is 1. The van der Waals surface area contributed by atoms with Gasteiger partial charge in [0.25, 0.3) is 5.91 Å². The van der Waals surface area contributed by atoms with Gasteiger partial charge in [0, 0.05) is 43.4 Å². The van der Waals surface area contributed by atoms with Crippen LogP contribution < -0.4 is 19.7 Å². The van der Waals surface area contributed by atoms with E-state index in [1.807, 2.05) is 25.1 Å². The van der Waals surface area contributed by atoms with E-state index in [1.165, 1.54) is 0 Å². The smallest absolute Gasteiger partial charge is 0.254 e. The maximum absolute atomic E-state index is 13.7. The van der Waals surface area contributed by atoms with Gasteiger partial charge in [-0.2, -0.15) is 0 Å². The van der Waals surface area contributed by atoms with E-state index < -0.39 is 0 Å². The third-order valence-corrected chi connectivity index (χ3v) is 7.00. The van der Waals surface area contributed by atoms with Gasteiger partial charge in [-0.15, -0.1) is 17.0 Å². The first-order chi connectivity index (χ1) is 18.1. The number of amides is 1. The number of benzene rings is 2. The molecule has 9 nitrogen and oxygen atoms in total. The summed E-state index contributed by atoms with van der Waals surface area (Å²) in [6.45, 7) is 11.7. The molecule has 1 fully saturated rings. The Morgan fingerprint density at radius 3 is 2.41 bits per heavy atom. The van der Waals surface area contributed by atoms with Crippen LogP contribution in [-0.4, -0.2) is 76.0 Å². The third kappa shape index (κ3) is 6.22. The van der Waals surface area contributed by atoms with E-state index >= 15 is 0 Å². The Kier molecular flexibility index (Phi) is 9.66. The van der Waals surface area contributed by atoms with Crippen molar-refractivity contribution >= 4 is 40.2 Å². The van der Waals surface area contributed by atoms with Crippen molar-refractivity contribution in [3.05, 3.63) is 52.1 Å². The van der Waals surface area contributed by atoms with E-state index in [9.17, 15) is 9.59 Å². The molecule has 1 amide bonds. The number of nitrogens with zero attached hydrogens (tertiary/aromatic N) is 2. The molecule has 0 aliphatic carbocycles. The van der Waals surface area contributed by atoms with Crippen molar-refractivity contribution in [2.75, 3.05) is 58.5 Å². The van der Waals surface area contributed by atoms with Crippen LogP contribution in [0.25, 0.3) is 0 Å². The van der Waals surface area contributed by atoms with Crippen LogP contribution in [0.5, 0.6) is 11.5 Å². The lowest BCUT2D eigenvalue weighted by atomic mass is 9.84. The van der Waals surface area contributed by atoms with E-state index in [2.05, 4.69) is 31.0 Å². The average Bonchev–Trinajstić information content (AvgIpc) is 3.20. The summed E-state index contributed by atoms with van der Waals surface area (Å²) in [5.74, 6) is 1.12. The highest BCUT2D eigenvalue weighted by Gasteiger charge is 2.31. The average molecular weight is 604 g/mol. The number of methoxy groups -OCH3 is 1. The Morgan fingerprint density at radius 2 is 1.82 bits per heavy atom. The summed E-state index contributed by atoms with van der Waals surface area (Å²) < 4.78 is 17.1. The van der Waals surface area contributed by atoms with Crippen LogP contribution in [0, 0.1) is 5.41 Å². The maximum Gasteiger partial charge on any atom is 0.254 e. The molecule has 0 radical (unpaired) electrons. The molecule has 212 valence electrons. The number of ketones is 1. The zero-order valence-corrected chi connectivity index (χ0v) is 25.3. The van der Waals surface area contributed by atoms with Gasteiger partial charge in [-0.1, -0.05) is 20.8 Å². The number of anilines is 1. The first-order valence-corrected chi connectivity index (χ1v) is 13.0. The molecule has 0 atom stereocenters. The second kappa shape index (κ2) is 12.4. The van der Waals surface area contributed by atoms with Crippen LogP contribution in [-0.2, 0) is 16.7 Å². The van der Waals surface area contributed by atoms with Gasteiger partial charge in [0.15, 0.2) is 5.78 Å². The molecule has 4 rings (SSSR count). The quantitative estimate of drug-likeness (QED) is 0.437. The third-order valence-electron chi connectivity index (χ3n) is 7.00. The van der Waals surface area contributed by atoms with Crippen LogP contribution in [0.1, 0.15) is 65.1 Å². The molecule has 0 aromatic heterocycles. The minimum atomic E-state index is -0.276. The highest BCUT2D eigenvalue weighted by Crippen LogP contribution is 2.41. The number of fused-ring (bicyclic) bond motifs is 1. The molecule has 2 aromatic rings. The molecule has 0 bridgehead atoms. The lowest BCUT2D eigenvalue weighted by Gasteiger charge is -2.33. The van der Waals surface area contributed by atoms with Crippen molar-refractivity contribution in [1.29, 1.82) is 5.41 Å². The number of amidine groups is 1. The molecule has 2 aromatic carbocycles. The Balaban J connectivity index is 0.00000420. The van der Waals surface area contributed by atoms with Crippen molar-refractivity contribution in [1.82, 2.24) is 10.2 Å². The largest absolute Gasteiger partial charge is 0.494 e. The van der Waals surface area contributed by atoms with Crippen molar-refractivity contribution < 1.29 is 23.8 Å². The molecule has 1 saturated heterocycles. The summed E-state index contributed by atoms with van der Waals surface area (Å²) in [6.07, 6.45) is 0. The predicted molar refractivity (Wildman–Crippen MR) is 158 cm³/mol. The summed E-state index contributed by atoms with van der Waals surface area (Å²) in [5.41, 5.74) is 4.07. The number of hydrogen-bond donors (Lipinski definition) is 2. The number of nitrogens with one attached hydrogen (secondary N) is 2. The number of carbonyl (C=O) groups is 2. The van der Waals surface area contributed by atoms with Gasteiger partial charge in [-0.05, 0) is 42.2 Å². The lowest BCUT2D eigenvalue weighted by Crippen LogP contribution is -2.37. The van der Waals surface area contributed by atoms with Gasteiger partial charge >= 0.3 is 0 Å². The number of rotatable bonds is 8. The van der Waals surface area contributed by atoms with E-state index in [0.717, 1.165) is 35.7 Å².